The largest absolute Gasteiger partial charge is 0.454 e. The molecule has 2 aromatic rings. The lowest BCUT2D eigenvalue weighted by Gasteiger charge is -2.41. The summed E-state index contributed by atoms with van der Waals surface area (Å²) in [6.45, 7) is 3.91. The van der Waals surface area contributed by atoms with E-state index in [1.54, 1.807) is 0 Å². The molecule has 0 N–H and O–H groups in total. The van der Waals surface area contributed by atoms with Crippen LogP contribution in [-0.2, 0) is 15.9 Å². The Hall–Kier alpha value is -2.48. The summed E-state index contributed by atoms with van der Waals surface area (Å²) >= 11 is 0. The van der Waals surface area contributed by atoms with E-state index in [-0.39, 0.29) is 25.7 Å². The first kappa shape index (κ1) is 17.4. The van der Waals surface area contributed by atoms with E-state index < -0.39 is 6.29 Å². The van der Waals surface area contributed by atoms with E-state index in [1.165, 1.54) is 5.56 Å². The number of ether oxygens (including phenoxy) is 6. The second-order valence-corrected chi connectivity index (χ2v) is 7.73. The van der Waals surface area contributed by atoms with E-state index in [9.17, 15) is 0 Å². The van der Waals surface area contributed by atoms with Crippen LogP contribution < -0.4 is 18.9 Å². The van der Waals surface area contributed by atoms with Crippen LogP contribution in [0.5, 0.6) is 23.0 Å². The van der Waals surface area contributed by atoms with E-state index in [2.05, 4.69) is 30.1 Å². The van der Waals surface area contributed by atoms with E-state index in [0.717, 1.165) is 52.7 Å². The Bertz CT molecular complexity index is 976. The fourth-order valence-electron chi connectivity index (χ4n) is 4.85. The molecule has 0 radical (unpaired) electrons. The Morgan fingerprint density at radius 2 is 1.79 bits per heavy atom. The van der Waals surface area contributed by atoms with Gasteiger partial charge in [-0.1, -0.05) is 6.07 Å². The van der Waals surface area contributed by atoms with Crippen molar-refractivity contribution in [3.63, 3.8) is 0 Å². The zero-order valence-corrected chi connectivity index (χ0v) is 16.5. The van der Waals surface area contributed by atoms with Crippen LogP contribution in [0.2, 0.25) is 0 Å². The quantitative estimate of drug-likeness (QED) is 0.769. The molecule has 0 spiro atoms. The topological polar surface area (TPSA) is 58.6 Å². The van der Waals surface area contributed by atoms with Gasteiger partial charge in [-0.15, -0.1) is 0 Å². The van der Waals surface area contributed by atoms with Crippen LogP contribution in [0.4, 0.5) is 0 Å². The summed E-state index contributed by atoms with van der Waals surface area (Å²) in [5, 5.41) is 0. The maximum Gasteiger partial charge on any atom is 0.231 e. The molecule has 0 aromatic heterocycles. The van der Waals surface area contributed by atoms with Crippen molar-refractivity contribution >= 4 is 0 Å². The summed E-state index contributed by atoms with van der Waals surface area (Å²) in [5.74, 6) is 3.07. The monoisotopic (exact) mass is 397 g/mol. The highest BCUT2D eigenvalue weighted by Crippen LogP contribution is 2.55. The van der Waals surface area contributed by atoms with E-state index in [4.69, 9.17) is 28.4 Å². The maximum absolute atomic E-state index is 6.62. The Labute approximate surface area is 169 Å². The predicted molar refractivity (Wildman–Crippen MR) is 102 cm³/mol. The predicted octanol–water partition coefficient (Wildman–Crippen LogP) is 3.48. The Morgan fingerprint density at radius 3 is 2.66 bits per heavy atom. The van der Waals surface area contributed by atoms with Crippen LogP contribution in [0.3, 0.4) is 0 Å². The van der Waals surface area contributed by atoms with Gasteiger partial charge in [-0.25, -0.2) is 0 Å². The van der Waals surface area contributed by atoms with Gasteiger partial charge in [-0.2, -0.15) is 0 Å². The number of rotatable bonds is 2. The molecule has 4 aliphatic heterocycles. The molecule has 0 aliphatic carbocycles. The fourth-order valence-corrected chi connectivity index (χ4v) is 4.85. The van der Waals surface area contributed by atoms with Gasteiger partial charge in [0.25, 0.3) is 0 Å². The Balaban J connectivity index is 1.53. The summed E-state index contributed by atoms with van der Waals surface area (Å²) in [7, 11) is 2.14. The van der Waals surface area contributed by atoms with Crippen LogP contribution >= 0.6 is 0 Å². The molecule has 2 aromatic carbocycles. The number of hydrogen-bond acceptors (Lipinski definition) is 7. The minimum atomic E-state index is -0.516. The minimum absolute atomic E-state index is 0.0397. The molecule has 0 amide bonds. The van der Waals surface area contributed by atoms with Crippen LogP contribution in [0.1, 0.15) is 47.6 Å². The van der Waals surface area contributed by atoms with Gasteiger partial charge in [0.2, 0.25) is 13.6 Å². The van der Waals surface area contributed by atoms with Crippen LogP contribution in [0.25, 0.3) is 0 Å². The van der Waals surface area contributed by atoms with Crippen molar-refractivity contribution in [3.05, 3.63) is 46.5 Å². The molecule has 7 nitrogen and oxygen atoms in total. The lowest BCUT2D eigenvalue weighted by Crippen LogP contribution is -2.35. The highest BCUT2D eigenvalue weighted by Gasteiger charge is 2.44. The van der Waals surface area contributed by atoms with E-state index >= 15 is 0 Å². The molecule has 0 bridgehead atoms. The number of likely N-dealkylation sites (N-methyl/N-ethyl adjacent to an activating group) is 1. The standard InChI is InChI=1S/C22H23NO6/c1-3-24-22-18-13(4-5-15-21(18)28-11-25-15)19-20(29-22)14-9-17-16(26-10-27-17)8-12(14)6-7-23(19)2/h4-5,8-9,19-20,22H,3,6-7,10-11H2,1-2H3. The molecule has 0 saturated heterocycles. The van der Waals surface area contributed by atoms with Gasteiger partial charge in [-0.05, 0) is 55.3 Å². The Kier molecular flexibility index (Phi) is 3.91. The lowest BCUT2D eigenvalue weighted by atomic mass is 9.87. The second kappa shape index (κ2) is 6.52. The smallest absolute Gasteiger partial charge is 0.231 e. The normalized spacial score (nSPS) is 26.5. The molecule has 6 rings (SSSR count). The zero-order chi connectivity index (χ0) is 19.5. The van der Waals surface area contributed by atoms with Crippen molar-refractivity contribution in [2.45, 2.75) is 31.8 Å². The van der Waals surface area contributed by atoms with Crippen LogP contribution in [0.15, 0.2) is 24.3 Å². The molecule has 0 fully saturated rings. The third-order valence-corrected chi connectivity index (χ3v) is 6.19. The summed E-state index contributed by atoms with van der Waals surface area (Å²) < 4.78 is 35.3. The lowest BCUT2D eigenvalue weighted by molar-refractivity contribution is -0.201. The molecular weight excluding hydrogens is 374 g/mol. The minimum Gasteiger partial charge on any atom is -0.454 e. The van der Waals surface area contributed by atoms with Crippen molar-refractivity contribution in [2.24, 2.45) is 0 Å². The third-order valence-electron chi connectivity index (χ3n) is 6.19. The van der Waals surface area contributed by atoms with Gasteiger partial charge in [-0.3, -0.25) is 4.90 Å². The highest BCUT2D eigenvalue weighted by atomic mass is 16.7. The van der Waals surface area contributed by atoms with Gasteiger partial charge in [0, 0.05) is 13.2 Å². The SMILES string of the molecule is CCOC1OC2c3cc4c(cc3CCN(C)C2c2ccc3c(c21)OCO3)OCO4. The van der Waals surface area contributed by atoms with Gasteiger partial charge >= 0.3 is 0 Å². The Morgan fingerprint density at radius 1 is 1.00 bits per heavy atom. The molecule has 152 valence electrons. The molecule has 4 heterocycles. The van der Waals surface area contributed by atoms with Crippen LogP contribution in [0, 0.1) is 0 Å². The van der Waals surface area contributed by atoms with E-state index in [1.807, 2.05) is 13.0 Å². The maximum atomic E-state index is 6.62. The number of benzene rings is 2. The summed E-state index contributed by atoms with van der Waals surface area (Å²) in [6.07, 6.45) is 0.215. The number of nitrogens with zero attached hydrogens (tertiary/aromatic N) is 1. The molecule has 0 saturated carbocycles. The summed E-state index contributed by atoms with van der Waals surface area (Å²) in [4.78, 5) is 2.35. The van der Waals surface area contributed by atoms with Crippen molar-refractivity contribution in [3.8, 4) is 23.0 Å². The number of hydrogen-bond donors (Lipinski definition) is 0. The average Bonchev–Trinajstić information content (AvgIpc) is 3.36. The highest BCUT2D eigenvalue weighted by molar-refractivity contribution is 5.56. The van der Waals surface area contributed by atoms with E-state index in [0.29, 0.717) is 6.61 Å². The molecule has 29 heavy (non-hydrogen) atoms. The molecule has 3 unspecified atom stereocenters. The van der Waals surface area contributed by atoms with Crippen molar-refractivity contribution < 1.29 is 28.4 Å². The first-order valence-corrected chi connectivity index (χ1v) is 10.1. The zero-order valence-electron chi connectivity index (χ0n) is 16.5. The van der Waals surface area contributed by atoms with Gasteiger partial charge in [0.15, 0.2) is 29.3 Å². The second-order valence-electron chi connectivity index (χ2n) is 7.73. The summed E-state index contributed by atoms with van der Waals surface area (Å²) in [5.41, 5.74) is 4.47. The van der Waals surface area contributed by atoms with Crippen LogP contribution in [-0.4, -0.2) is 38.7 Å². The molecule has 7 heteroatoms. The van der Waals surface area contributed by atoms with Gasteiger partial charge < -0.3 is 28.4 Å². The average molecular weight is 397 g/mol. The first-order valence-electron chi connectivity index (χ1n) is 10.1. The molecular formula is C22H23NO6. The first-order chi connectivity index (χ1) is 14.2. The summed E-state index contributed by atoms with van der Waals surface area (Å²) in [6, 6.07) is 8.34. The third kappa shape index (κ3) is 2.54. The fraction of sp³-hybridized carbons (Fsp3) is 0.455. The van der Waals surface area contributed by atoms with Crippen molar-refractivity contribution in [1.29, 1.82) is 0 Å². The van der Waals surface area contributed by atoms with Gasteiger partial charge in [0.05, 0.1) is 11.6 Å². The van der Waals surface area contributed by atoms with Gasteiger partial charge in [0.1, 0.15) is 6.10 Å². The van der Waals surface area contributed by atoms with Crippen molar-refractivity contribution in [1.82, 2.24) is 4.90 Å². The molecule has 3 atom stereocenters. The number of fused-ring (bicyclic) bond motifs is 8. The molecule has 4 aliphatic rings. The van der Waals surface area contributed by atoms with Crippen molar-refractivity contribution in [2.75, 3.05) is 33.8 Å².